The number of aromatic nitrogens is 3. The summed E-state index contributed by atoms with van der Waals surface area (Å²) in [5.74, 6) is 0.582. The lowest BCUT2D eigenvalue weighted by Crippen LogP contribution is -2.56. The fourth-order valence-electron chi connectivity index (χ4n) is 2.35. The van der Waals surface area contributed by atoms with Crippen LogP contribution in [0.3, 0.4) is 0 Å². The van der Waals surface area contributed by atoms with Crippen molar-refractivity contribution in [3.8, 4) is 11.4 Å². The molecular formula is C14H17N5O. The average Bonchev–Trinajstić information content (AvgIpc) is 2.82. The van der Waals surface area contributed by atoms with Crippen molar-refractivity contribution in [2.45, 2.75) is 24.8 Å². The Bertz CT molecular complexity index is 645. The van der Waals surface area contributed by atoms with E-state index < -0.39 is 5.54 Å². The molecule has 20 heavy (non-hydrogen) atoms. The first-order valence-electron chi connectivity index (χ1n) is 6.64. The van der Waals surface area contributed by atoms with Crippen molar-refractivity contribution < 1.29 is 4.79 Å². The van der Waals surface area contributed by atoms with Gasteiger partial charge in [0.2, 0.25) is 5.91 Å². The molecule has 0 saturated heterocycles. The van der Waals surface area contributed by atoms with Gasteiger partial charge in [-0.25, -0.2) is 0 Å². The van der Waals surface area contributed by atoms with E-state index >= 15 is 0 Å². The summed E-state index contributed by atoms with van der Waals surface area (Å²) in [6, 6.07) is 7.54. The van der Waals surface area contributed by atoms with E-state index in [0.29, 0.717) is 11.5 Å². The quantitative estimate of drug-likeness (QED) is 0.881. The molecule has 1 aliphatic carbocycles. The molecule has 0 aliphatic heterocycles. The topological polar surface area (TPSA) is 85.8 Å². The number of carbonyl (C=O) groups excluding carboxylic acids is 1. The van der Waals surface area contributed by atoms with Crippen LogP contribution in [-0.2, 0) is 11.8 Å². The number of nitrogens with zero attached hydrogens (tertiary/aromatic N) is 3. The van der Waals surface area contributed by atoms with Gasteiger partial charge in [-0.15, -0.1) is 10.2 Å². The van der Waals surface area contributed by atoms with E-state index in [4.69, 9.17) is 5.73 Å². The summed E-state index contributed by atoms with van der Waals surface area (Å²) in [7, 11) is 1.87. The van der Waals surface area contributed by atoms with Gasteiger partial charge in [0.1, 0.15) is 6.33 Å². The number of rotatable bonds is 3. The van der Waals surface area contributed by atoms with Crippen molar-refractivity contribution in [1.29, 1.82) is 0 Å². The van der Waals surface area contributed by atoms with E-state index in [-0.39, 0.29) is 5.91 Å². The number of para-hydroxylation sites is 1. The SMILES string of the molecule is Cn1cnnc1-c1ccccc1NC(=O)C1(N)CCC1. The van der Waals surface area contributed by atoms with Gasteiger partial charge in [-0.05, 0) is 31.4 Å². The second-order valence-electron chi connectivity index (χ2n) is 5.27. The van der Waals surface area contributed by atoms with Gasteiger partial charge in [0, 0.05) is 12.6 Å². The first kappa shape index (κ1) is 12.8. The number of hydrogen-bond donors (Lipinski definition) is 2. The van der Waals surface area contributed by atoms with Crippen LogP contribution in [0.15, 0.2) is 30.6 Å². The number of anilines is 1. The Kier molecular flexibility index (Phi) is 3.02. The number of carbonyl (C=O) groups is 1. The Morgan fingerprint density at radius 1 is 1.40 bits per heavy atom. The molecular weight excluding hydrogens is 254 g/mol. The molecule has 1 aliphatic rings. The first-order valence-corrected chi connectivity index (χ1v) is 6.64. The van der Waals surface area contributed by atoms with Crippen LogP contribution in [-0.4, -0.2) is 26.2 Å². The summed E-state index contributed by atoms with van der Waals surface area (Å²) < 4.78 is 1.81. The zero-order chi connectivity index (χ0) is 14.2. The Hall–Kier alpha value is -2.21. The van der Waals surface area contributed by atoms with Crippen molar-refractivity contribution in [3.63, 3.8) is 0 Å². The van der Waals surface area contributed by atoms with E-state index in [9.17, 15) is 4.79 Å². The molecule has 1 saturated carbocycles. The van der Waals surface area contributed by atoms with Crippen molar-refractivity contribution in [3.05, 3.63) is 30.6 Å². The molecule has 3 rings (SSSR count). The van der Waals surface area contributed by atoms with Crippen LogP contribution in [0.25, 0.3) is 11.4 Å². The smallest absolute Gasteiger partial charge is 0.244 e. The lowest BCUT2D eigenvalue weighted by atomic mass is 9.77. The highest BCUT2D eigenvalue weighted by Gasteiger charge is 2.40. The molecule has 0 atom stereocenters. The molecule has 1 amide bonds. The molecule has 104 valence electrons. The maximum Gasteiger partial charge on any atom is 0.244 e. The summed E-state index contributed by atoms with van der Waals surface area (Å²) in [5, 5.41) is 10.9. The van der Waals surface area contributed by atoms with Crippen LogP contribution in [0.2, 0.25) is 0 Å². The van der Waals surface area contributed by atoms with E-state index in [1.165, 1.54) is 0 Å². The number of nitrogens with two attached hydrogens (primary N) is 1. The lowest BCUT2D eigenvalue weighted by molar-refractivity contribution is -0.123. The average molecular weight is 271 g/mol. The molecule has 0 unspecified atom stereocenters. The first-order chi connectivity index (χ1) is 9.60. The van der Waals surface area contributed by atoms with Gasteiger partial charge in [-0.1, -0.05) is 12.1 Å². The van der Waals surface area contributed by atoms with Crippen molar-refractivity contribution in [1.82, 2.24) is 14.8 Å². The summed E-state index contributed by atoms with van der Waals surface area (Å²) in [6.07, 6.45) is 4.12. The highest BCUT2D eigenvalue weighted by molar-refractivity contribution is 6.01. The third-order valence-electron chi connectivity index (χ3n) is 3.83. The zero-order valence-electron chi connectivity index (χ0n) is 11.3. The number of benzene rings is 1. The predicted octanol–water partition coefficient (Wildman–Crippen LogP) is 1.30. The number of aryl methyl sites for hydroxylation is 1. The minimum atomic E-state index is -0.715. The second kappa shape index (κ2) is 4.72. The van der Waals surface area contributed by atoms with E-state index in [1.807, 2.05) is 35.9 Å². The van der Waals surface area contributed by atoms with Gasteiger partial charge in [0.05, 0.1) is 11.2 Å². The van der Waals surface area contributed by atoms with E-state index in [0.717, 1.165) is 24.8 Å². The van der Waals surface area contributed by atoms with Crippen LogP contribution < -0.4 is 11.1 Å². The minimum absolute atomic E-state index is 0.127. The van der Waals surface area contributed by atoms with Crippen molar-refractivity contribution in [2.75, 3.05) is 5.32 Å². The molecule has 0 bridgehead atoms. The third kappa shape index (κ3) is 2.08. The monoisotopic (exact) mass is 271 g/mol. The Balaban J connectivity index is 1.91. The standard InChI is InChI=1S/C14H17N5O/c1-19-9-16-18-12(19)10-5-2-3-6-11(10)17-13(20)14(15)7-4-8-14/h2-3,5-6,9H,4,7-8,15H2,1H3,(H,17,20). The van der Waals surface area contributed by atoms with Gasteiger partial charge in [0.15, 0.2) is 5.82 Å². The summed E-state index contributed by atoms with van der Waals surface area (Å²) in [6.45, 7) is 0. The maximum absolute atomic E-state index is 12.2. The van der Waals surface area contributed by atoms with Gasteiger partial charge < -0.3 is 15.6 Å². The van der Waals surface area contributed by atoms with Crippen LogP contribution in [0.4, 0.5) is 5.69 Å². The lowest BCUT2D eigenvalue weighted by Gasteiger charge is -2.36. The van der Waals surface area contributed by atoms with Gasteiger partial charge >= 0.3 is 0 Å². The van der Waals surface area contributed by atoms with Gasteiger partial charge in [-0.2, -0.15) is 0 Å². The van der Waals surface area contributed by atoms with Crippen LogP contribution in [0, 0.1) is 0 Å². The molecule has 1 heterocycles. The second-order valence-corrected chi connectivity index (χ2v) is 5.27. The van der Waals surface area contributed by atoms with Crippen molar-refractivity contribution in [2.24, 2.45) is 12.8 Å². The fraction of sp³-hybridized carbons (Fsp3) is 0.357. The molecule has 1 aromatic carbocycles. The molecule has 0 spiro atoms. The number of amides is 1. The highest BCUT2D eigenvalue weighted by Crippen LogP contribution is 2.32. The molecule has 3 N–H and O–H groups in total. The van der Waals surface area contributed by atoms with E-state index in [1.54, 1.807) is 6.33 Å². The van der Waals surface area contributed by atoms with Crippen LogP contribution >= 0.6 is 0 Å². The van der Waals surface area contributed by atoms with Crippen LogP contribution in [0.1, 0.15) is 19.3 Å². The molecule has 6 nitrogen and oxygen atoms in total. The summed E-state index contributed by atoms with van der Waals surface area (Å²) in [5.41, 5.74) is 6.88. The molecule has 6 heteroatoms. The number of nitrogens with one attached hydrogen (secondary N) is 1. The zero-order valence-corrected chi connectivity index (χ0v) is 11.3. The van der Waals surface area contributed by atoms with Gasteiger partial charge in [-0.3, -0.25) is 4.79 Å². The largest absolute Gasteiger partial charge is 0.324 e. The Labute approximate surface area is 117 Å². The van der Waals surface area contributed by atoms with Gasteiger partial charge in [0.25, 0.3) is 0 Å². The Morgan fingerprint density at radius 2 is 2.15 bits per heavy atom. The van der Waals surface area contributed by atoms with Crippen LogP contribution in [0.5, 0.6) is 0 Å². The summed E-state index contributed by atoms with van der Waals surface area (Å²) >= 11 is 0. The maximum atomic E-state index is 12.2. The highest BCUT2D eigenvalue weighted by atomic mass is 16.2. The predicted molar refractivity (Wildman–Crippen MR) is 75.8 cm³/mol. The normalized spacial score (nSPS) is 16.5. The third-order valence-corrected chi connectivity index (χ3v) is 3.83. The van der Waals surface area contributed by atoms with Crippen molar-refractivity contribution >= 4 is 11.6 Å². The van der Waals surface area contributed by atoms with E-state index in [2.05, 4.69) is 15.5 Å². The molecule has 2 aromatic rings. The minimum Gasteiger partial charge on any atom is -0.324 e. The fourth-order valence-corrected chi connectivity index (χ4v) is 2.35. The summed E-state index contributed by atoms with van der Waals surface area (Å²) in [4.78, 5) is 12.2. The molecule has 0 radical (unpaired) electrons. The molecule has 1 fully saturated rings. The molecule has 1 aromatic heterocycles. The Morgan fingerprint density at radius 3 is 2.75 bits per heavy atom. The number of hydrogen-bond acceptors (Lipinski definition) is 4.